The highest BCUT2D eigenvalue weighted by Gasteiger charge is 2.13. The van der Waals surface area contributed by atoms with Gasteiger partial charge in [-0.2, -0.15) is 5.26 Å². The number of halogens is 2. The summed E-state index contributed by atoms with van der Waals surface area (Å²) in [5, 5.41) is 9.23. The summed E-state index contributed by atoms with van der Waals surface area (Å²) >= 11 is 6.08. The van der Waals surface area contributed by atoms with E-state index >= 15 is 0 Å². The van der Waals surface area contributed by atoms with E-state index in [0.29, 0.717) is 27.5 Å². The lowest BCUT2D eigenvalue weighted by Gasteiger charge is -2.04. The van der Waals surface area contributed by atoms with Gasteiger partial charge in [0.15, 0.2) is 0 Å². The van der Waals surface area contributed by atoms with Gasteiger partial charge in [0.1, 0.15) is 11.6 Å². The number of hydrogen-bond donors (Lipinski definition) is 0. The van der Waals surface area contributed by atoms with Gasteiger partial charge in [-0.15, -0.1) is 0 Å². The van der Waals surface area contributed by atoms with Crippen LogP contribution in [0.1, 0.15) is 5.56 Å². The molecule has 0 N–H and O–H groups in total. The molecule has 0 amide bonds. The van der Waals surface area contributed by atoms with Crippen molar-refractivity contribution >= 4 is 22.6 Å². The van der Waals surface area contributed by atoms with Crippen LogP contribution in [0.4, 0.5) is 4.39 Å². The molecule has 98 valence electrons. The van der Waals surface area contributed by atoms with Crippen molar-refractivity contribution in [3.05, 3.63) is 52.8 Å². The van der Waals surface area contributed by atoms with Gasteiger partial charge in [-0.25, -0.2) is 9.37 Å². The van der Waals surface area contributed by atoms with E-state index in [0.717, 1.165) is 5.52 Å². The van der Waals surface area contributed by atoms with Crippen molar-refractivity contribution in [1.29, 1.82) is 5.26 Å². The van der Waals surface area contributed by atoms with Gasteiger partial charge in [0, 0.05) is 12.6 Å². The van der Waals surface area contributed by atoms with Crippen molar-refractivity contribution in [2.24, 2.45) is 7.05 Å². The van der Waals surface area contributed by atoms with E-state index < -0.39 is 0 Å². The van der Waals surface area contributed by atoms with Gasteiger partial charge in [-0.3, -0.25) is 0 Å². The molecule has 0 aliphatic heterocycles. The number of benzene rings is 2. The zero-order valence-electron chi connectivity index (χ0n) is 10.6. The molecule has 0 fully saturated rings. The molecule has 0 aliphatic rings. The van der Waals surface area contributed by atoms with Crippen LogP contribution < -0.4 is 0 Å². The second kappa shape index (κ2) is 4.62. The molecule has 0 bridgehead atoms. The third-order valence-electron chi connectivity index (χ3n) is 3.18. The molecule has 20 heavy (non-hydrogen) atoms. The Morgan fingerprint density at radius 1 is 1.25 bits per heavy atom. The minimum Gasteiger partial charge on any atom is -0.327 e. The van der Waals surface area contributed by atoms with Gasteiger partial charge in [-0.05, 0) is 36.4 Å². The smallest absolute Gasteiger partial charge is 0.142 e. The van der Waals surface area contributed by atoms with Crippen LogP contribution in [0.25, 0.3) is 22.4 Å². The zero-order valence-corrected chi connectivity index (χ0v) is 11.3. The Morgan fingerprint density at radius 2 is 2.05 bits per heavy atom. The van der Waals surface area contributed by atoms with E-state index in [1.165, 1.54) is 12.1 Å². The van der Waals surface area contributed by atoms with Crippen molar-refractivity contribution in [3.8, 4) is 17.5 Å². The third kappa shape index (κ3) is 1.93. The summed E-state index contributed by atoms with van der Waals surface area (Å²) in [5.74, 6) is 0.254. The summed E-state index contributed by atoms with van der Waals surface area (Å²) in [5.41, 5.74) is 2.80. The van der Waals surface area contributed by atoms with Crippen molar-refractivity contribution in [1.82, 2.24) is 9.55 Å². The normalized spacial score (nSPS) is 10.7. The molecule has 2 aromatic carbocycles. The van der Waals surface area contributed by atoms with Crippen LogP contribution in [0.15, 0.2) is 36.4 Å². The van der Waals surface area contributed by atoms with Gasteiger partial charge in [-0.1, -0.05) is 11.6 Å². The lowest BCUT2D eigenvalue weighted by molar-refractivity contribution is 0.628. The van der Waals surface area contributed by atoms with Gasteiger partial charge in [0.2, 0.25) is 0 Å². The van der Waals surface area contributed by atoms with Crippen LogP contribution in [-0.2, 0) is 7.05 Å². The third-order valence-corrected chi connectivity index (χ3v) is 3.49. The van der Waals surface area contributed by atoms with E-state index in [-0.39, 0.29) is 5.82 Å². The van der Waals surface area contributed by atoms with E-state index in [4.69, 9.17) is 16.9 Å². The molecule has 3 nitrogen and oxygen atoms in total. The summed E-state index contributed by atoms with van der Waals surface area (Å²) in [6, 6.07) is 11.6. The second-order valence-corrected chi connectivity index (χ2v) is 4.84. The van der Waals surface area contributed by atoms with E-state index in [1.807, 2.05) is 17.7 Å². The Hall–Kier alpha value is -2.38. The Kier molecular flexibility index (Phi) is 2.92. The van der Waals surface area contributed by atoms with Gasteiger partial charge >= 0.3 is 0 Å². The maximum Gasteiger partial charge on any atom is 0.142 e. The number of fused-ring (bicyclic) bond motifs is 1. The first-order chi connectivity index (χ1) is 9.60. The van der Waals surface area contributed by atoms with Crippen LogP contribution in [-0.4, -0.2) is 9.55 Å². The molecule has 3 rings (SSSR count). The number of aryl methyl sites for hydroxylation is 1. The average molecular weight is 286 g/mol. The first-order valence-electron chi connectivity index (χ1n) is 5.92. The summed E-state index contributed by atoms with van der Waals surface area (Å²) in [6.07, 6.45) is 0. The molecule has 0 aliphatic carbocycles. The van der Waals surface area contributed by atoms with Crippen molar-refractivity contribution < 1.29 is 4.39 Å². The topological polar surface area (TPSA) is 41.6 Å². The maximum atomic E-state index is 13.1. The molecule has 0 saturated carbocycles. The number of nitriles is 1. The quantitative estimate of drug-likeness (QED) is 0.680. The number of imidazole rings is 1. The lowest BCUT2D eigenvalue weighted by atomic mass is 10.2. The molecular formula is C15H9ClFN3. The highest BCUT2D eigenvalue weighted by molar-refractivity contribution is 6.33. The fraction of sp³-hybridized carbons (Fsp3) is 0.0667. The predicted octanol–water partition coefficient (Wildman–Crippen LogP) is 3.90. The molecule has 0 unspecified atom stereocenters. The fourth-order valence-corrected chi connectivity index (χ4v) is 2.43. The summed E-state index contributed by atoms with van der Waals surface area (Å²) in [4.78, 5) is 4.49. The minimum absolute atomic E-state index is 0.309. The number of rotatable bonds is 1. The van der Waals surface area contributed by atoms with Crippen LogP contribution in [0, 0.1) is 17.1 Å². The Balaban J connectivity index is 2.26. The molecule has 3 aromatic rings. The molecule has 0 radical (unpaired) electrons. The largest absolute Gasteiger partial charge is 0.327 e. The first-order valence-corrected chi connectivity index (χ1v) is 6.30. The van der Waals surface area contributed by atoms with E-state index in [2.05, 4.69) is 11.1 Å². The zero-order chi connectivity index (χ0) is 14.3. The monoisotopic (exact) mass is 285 g/mol. The van der Waals surface area contributed by atoms with Crippen LogP contribution in [0.5, 0.6) is 0 Å². The highest BCUT2D eigenvalue weighted by atomic mass is 35.5. The van der Waals surface area contributed by atoms with Gasteiger partial charge < -0.3 is 4.57 Å². The van der Waals surface area contributed by atoms with Gasteiger partial charge in [0.05, 0.1) is 27.7 Å². The van der Waals surface area contributed by atoms with Crippen LogP contribution >= 0.6 is 11.6 Å². The van der Waals surface area contributed by atoms with Crippen LogP contribution in [0.2, 0.25) is 5.02 Å². The summed E-state index contributed by atoms with van der Waals surface area (Å²) < 4.78 is 15.0. The van der Waals surface area contributed by atoms with Gasteiger partial charge in [0.25, 0.3) is 0 Å². The Labute approximate surface area is 119 Å². The van der Waals surface area contributed by atoms with Crippen molar-refractivity contribution in [2.45, 2.75) is 0 Å². The standard InChI is InChI=1S/C15H9ClFN3/c1-20-14-5-2-9(8-18)6-13(14)19-15(20)11-4-3-10(17)7-12(11)16/h2-7H,1H3. The fourth-order valence-electron chi connectivity index (χ4n) is 2.18. The minimum atomic E-state index is -0.385. The predicted molar refractivity (Wildman–Crippen MR) is 75.8 cm³/mol. The molecular weight excluding hydrogens is 277 g/mol. The molecule has 1 heterocycles. The first kappa shape index (κ1) is 12.6. The van der Waals surface area contributed by atoms with Crippen molar-refractivity contribution in [3.63, 3.8) is 0 Å². The van der Waals surface area contributed by atoms with E-state index in [1.54, 1.807) is 18.2 Å². The van der Waals surface area contributed by atoms with Crippen LogP contribution in [0.3, 0.4) is 0 Å². The Bertz CT molecular complexity index is 861. The number of hydrogen-bond acceptors (Lipinski definition) is 2. The molecule has 0 atom stereocenters. The SMILES string of the molecule is Cn1c(-c2ccc(F)cc2Cl)nc2cc(C#N)ccc21. The summed E-state index contributed by atoms with van der Waals surface area (Å²) in [7, 11) is 1.86. The number of aromatic nitrogens is 2. The van der Waals surface area contributed by atoms with E-state index in [9.17, 15) is 4.39 Å². The molecule has 0 saturated heterocycles. The second-order valence-electron chi connectivity index (χ2n) is 4.43. The highest BCUT2D eigenvalue weighted by Crippen LogP contribution is 2.30. The molecule has 5 heteroatoms. The number of nitrogens with zero attached hydrogens (tertiary/aromatic N) is 3. The molecule has 0 spiro atoms. The lowest BCUT2D eigenvalue weighted by Crippen LogP contribution is -1.93. The average Bonchev–Trinajstić information content (AvgIpc) is 2.75. The Morgan fingerprint density at radius 3 is 2.75 bits per heavy atom. The molecule has 1 aromatic heterocycles. The maximum absolute atomic E-state index is 13.1. The van der Waals surface area contributed by atoms with Crippen molar-refractivity contribution in [2.75, 3.05) is 0 Å². The summed E-state index contributed by atoms with van der Waals surface area (Å²) in [6.45, 7) is 0.